The Morgan fingerprint density at radius 1 is 1.25 bits per heavy atom. The predicted octanol–water partition coefficient (Wildman–Crippen LogP) is 3.92. The summed E-state index contributed by atoms with van der Waals surface area (Å²) in [5.74, 6) is -0.901. The maximum atomic E-state index is 12.5. The number of nitrogens with one attached hydrogen (secondary N) is 1. The van der Waals surface area contributed by atoms with Crippen LogP contribution in [0, 0.1) is 6.92 Å². The minimum absolute atomic E-state index is 0.153. The first kappa shape index (κ1) is 15.0. The fourth-order valence-corrected chi connectivity index (χ4v) is 3.55. The number of phenols is 1. The van der Waals surface area contributed by atoms with Crippen molar-refractivity contribution in [1.29, 1.82) is 0 Å². The lowest BCUT2D eigenvalue weighted by Crippen LogP contribution is -2.12. The number of halogens is 3. The molecule has 1 atom stereocenters. The van der Waals surface area contributed by atoms with E-state index in [1.54, 1.807) is 12.1 Å². The van der Waals surface area contributed by atoms with Gasteiger partial charge in [0, 0.05) is 17.0 Å². The fraction of sp³-hybridized carbons (Fsp3) is 0.167. The maximum absolute atomic E-state index is 12.5. The number of rotatable bonds is 3. The third kappa shape index (κ3) is 3.38. The molecule has 2 rings (SSSR count). The summed E-state index contributed by atoms with van der Waals surface area (Å²) >= 11 is -0.252. The zero-order valence-electron chi connectivity index (χ0n) is 10.2. The van der Waals surface area contributed by atoms with Gasteiger partial charge in [-0.3, -0.25) is 0 Å². The highest BCUT2D eigenvalue weighted by molar-refractivity contribution is 7.94. The van der Waals surface area contributed by atoms with Crippen LogP contribution in [0.25, 0.3) is 0 Å². The van der Waals surface area contributed by atoms with Gasteiger partial charge in [-0.05, 0) is 25.1 Å². The quantitative estimate of drug-likeness (QED) is 0.843. The molecule has 1 aromatic carbocycles. The van der Waals surface area contributed by atoms with Crippen molar-refractivity contribution in [2.24, 2.45) is 0 Å². The first-order valence-corrected chi connectivity index (χ1v) is 7.39. The van der Waals surface area contributed by atoms with Crippen LogP contribution < -0.4 is 4.72 Å². The summed E-state index contributed by atoms with van der Waals surface area (Å²) in [6.45, 7) is 1.86. The SMILES string of the molecule is Cc1ccc([S+]([O-])Nc2ccc(C(F)(F)F)c(O)c2)s1. The zero-order chi connectivity index (χ0) is 14.9. The van der Waals surface area contributed by atoms with Gasteiger partial charge in [-0.25, -0.2) is 4.72 Å². The van der Waals surface area contributed by atoms with Crippen molar-refractivity contribution in [2.45, 2.75) is 17.3 Å². The summed E-state index contributed by atoms with van der Waals surface area (Å²) in [7, 11) is 0. The Bertz CT molecular complexity index is 613. The van der Waals surface area contributed by atoms with Crippen molar-refractivity contribution in [3.05, 3.63) is 40.8 Å². The van der Waals surface area contributed by atoms with Crippen LogP contribution in [0.1, 0.15) is 10.4 Å². The molecule has 0 aliphatic carbocycles. The van der Waals surface area contributed by atoms with Gasteiger partial charge < -0.3 is 9.66 Å². The summed E-state index contributed by atoms with van der Waals surface area (Å²) < 4.78 is 52.4. The standard InChI is InChI=1S/C12H10F3NO2S2/c1-7-2-5-11(19-7)20(18)16-8-3-4-9(10(17)6-8)12(13,14)15/h2-6,16-17H,1H3. The number of anilines is 1. The third-order valence-electron chi connectivity index (χ3n) is 2.41. The van der Waals surface area contributed by atoms with Crippen molar-refractivity contribution >= 4 is 28.4 Å². The normalized spacial score (nSPS) is 13.2. The summed E-state index contributed by atoms with van der Waals surface area (Å²) in [5, 5.41) is 9.36. The molecule has 2 N–H and O–H groups in total. The fourth-order valence-electron chi connectivity index (χ4n) is 1.50. The van der Waals surface area contributed by atoms with Gasteiger partial charge in [-0.2, -0.15) is 13.2 Å². The van der Waals surface area contributed by atoms with Gasteiger partial charge in [0.05, 0.1) is 11.3 Å². The van der Waals surface area contributed by atoms with Crippen LogP contribution in [0.15, 0.2) is 34.5 Å². The van der Waals surface area contributed by atoms with Crippen LogP contribution in [0.3, 0.4) is 0 Å². The van der Waals surface area contributed by atoms with Crippen LogP contribution in [-0.2, 0) is 17.5 Å². The predicted molar refractivity (Wildman–Crippen MR) is 72.2 cm³/mol. The summed E-state index contributed by atoms with van der Waals surface area (Å²) in [6, 6.07) is 6.24. The van der Waals surface area contributed by atoms with Crippen molar-refractivity contribution < 1.29 is 22.8 Å². The van der Waals surface area contributed by atoms with Crippen molar-refractivity contribution in [2.75, 3.05) is 4.72 Å². The Labute approximate surface area is 120 Å². The molecule has 0 radical (unpaired) electrons. The molecule has 0 aliphatic heterocycles. The van der Waals surface area contributed by atoms with Gasteiger partial charge in [0.25, 0.3) is 0 Å². The lowest BCUT2D eigenvalue weighted by Gasteiger charge is -2.12. The Hall–Kier alpha value is -1.38. The van der Waals surface area contributed by atoms with Gasteiger partial charge in [-0.15, -0.1) is 0 Å². The van der Waals surface area contributed by atoms with Gasteiger partial charge in [0.2, 0.25) is 4.21 Å². The topological polar surface area (TPSA) is 55.3 Å². The molecule has 0 bridgehead atoms. The van der Waals surface area contributed by atoms with E-state index in [1.807, 2.05) is 6.92 Å². The number of phenolic OH excluding ortho intramolecular Hbond substituents is 1. The van der Waals surface area contributed by atoms with E-state index in [1.165, 1.54) is 11.3 Å². The molecule has 0 amide bonds. The molecular formula is C12H10F3NO2S2. The molecule has 0 fully saturated rings. The summed E-state index contributed by atoms with van der Waals surface area (Å²) in [6.07, 6.45) is -4.62. The monoisotopic (exact) mass is 321 g/mol. The van der Waals surface area contributed by atoms with E-state index in [4.69, 9.17) is 0 Å². The molecule has 0 saturated heterocycles. The molecule has 1 unspecified atom stereocenters. The second-order valence-corrected chi connectivity index (χ2v) is 6.69. The van der Waals surface area contributed by atoms with E-state index in [-0.39, 0.29) is 5.69 Å². The Balaban J connectivity index is 2.17. The van der Waals surface area contributed by atoms with Crippen LogP contribution in [0.4, 0.5) is 18.9 Å². The number of aryl methyl sites for hydroxylation is 1. The number of alkyl halides is 3. The van der Waals surface area contributed by atoms with E-state index in [9.17, 15) is 22.8 Å². The first-order chi connectivity index (χ1) is 9.27. The first-order valence-electron chi connectivity index (χ1n) is 5.42. The number of benzene rings is 1. The van der Waals surface area contributed by atoms with E-state index in [0.29, 0.717) is 4.21 Å². The Morgan fingerprint density at radius 3 is 2.45 bits per heavy atom. The minimum Gasteiger partial charge on any atom is -0.587 e. The van der Waals surface area contributed by atoms with Crippen molar-refractivity contribution in [3.63, 3.8) is 0 Å². The van der Waals surface area contributed by atoms with Crippen LogP contribution in [0.5, 0.6) is 5.75 Å². The van der Waals surface area contributed by atoms with E-state index >= 15 is 0 Å². The smallest absolute Gasteiger partial charge is 0.419 e. The molecule has 0 saturated carbocycles. The highest BCUT2D eigenvalue weighted by Crippen LogP contribution is 2.37. The molecule has 8 heteroatoms. The average Bonchev–Trinajstić information content (AvgIpc) is 2.74. The molecule has 0 spiro atoms. The number of hydrogen-bond donors (Lipinski definition) is 2. The Morgan fingerprint density at radius 2 is 1.95 bits per heavy atom. The summed E-state index contributed by atoms with van der Waals surface area (Å²) in [5.41, 5.74) is -0.972. The van der Waals surface area contributed by atoms with Crippen molar-refractivity contribution in [1.82, 2.24) is 0 Å². The van der Waals surface area contributed by atoms with Gasteiger partial charge in [-0.1, -0.05) is 11.3 Å². The van der Waals surface area contributed by atoms with Gasteiger partial charge in [0.1, 0.15) is 17.1 Å². The van der Waals surface area contributed by atoms with Gasteiger partial charge >= 0.3 is 6.18 Å². The number of aromatic hydroxyl groups is 1. The second kappa shape index (κ2) is 5.55. The molecule has 2 aromatic rings. The second-order valence-electron chi connectivity index (χ2n) is 3.97. The maximum Gasteiger partial charge on any atom is 0.419 e. The van der Waals surface area contributed by atoms with E-state index in [0.717, 1.165) is 23.1 Å². The third-order valence-corrected chi connectivity index (χ3v) is 4.83. The molecule has 1 aromatic heterocycles. The minimum atomic E-state index is -4.62. The number of thiophene rings is 1. The molecule has 1 heterocycles. The molecular weight excluding hydrogens is 311 g/mol. The number of hydrogen-bond acceptors (Lipinski definition) is 4. The average molecular weight is 321 g/mol. The summed E-state index contributed by atoms with van der Waals surface area (Å²) in [4.78, 5) is 0.977. The van der Waals surface area contributed by atoms with Crippen LogP contribution in [-0.4, -0.2) is 9.66 Å². The zero-order valence-corrected chi connectivity index (χ0v) is 11.8. The largest absolute Gasteiger partial charge is 0.587 e. The Kier molecular flexibility index (Phi) is 4.17. The molecule has 108 valence electrons. The van der Waals surface area contributed by atoms with Gasteiger partial charge in [0.15, 0.2) is 0 Å². The van der Waals surface area contributed by atoms with Crippen molar-refractivity contribution in [3.8, 4) is 5.75 Å². The molecule has 0 aliphatic rings. The molecule has 20 heavy (non-hydrogen) atoms. The molecule has 3 nitrogen and oxygen atoms in total. The highest BCUT2D eigenvalue weighted by atomic mass is 32.2. The van der Waals surface area contributed by atoms with Crippen LogP contribution in [0.2, 0.25) is 0 Å². The lowest BCUT2D eigenvalue weighted by atomic mass is 10.2. The van der Waals surface area contributed by atoms with E-state index in [2.05, 4.69) is 4.72 Å². The van der Waals surface area contributed by atoms with Crippen LogP contribution >= 0.6 is 11.3 Å². The highest BCUT2D eigenvalue weighted by Gasteiger charge is 2.34. The van der Waals surface area contributed by atoms with E-state index < -0.39 is 28.9 Å². The lowest BCUT2D eigenvalue weighted by molar-refractivity contribution is -0.138.